The summed E-state index contributed by atoms with van der Waals surface area (Å²) in [5.41, 5.74) is 2.08. The number of carboxylic acid groups (broad SMARTS) is 1. The van der Waals surface area contributed by atoms with E-state index in [0.717, 1.165) is 5.56 Å². The molecule has 25 heavy (non-hydrogen) atoms. The Labute approximate surface area is 145 Å². The van der Waals surface area contributed by atoms with E-state index in [0.29, 0.717) is 24.1 Å². The smallest absolute Gasteiger partial charge is 0.331 e. The molecule has 2 aromatic carbocycles. The quantitative estimate of drug-likeness (QED) is 0.929. The van der Waals surface area contributed by atoms with Gasteiger partial charge in [0, 0.05) is 12.5 Å². The van der Waals surface area contributed by atoms with Crippen molar-refractivity contribution in [2.24, 2.45) is 5.92 Å². The number of hydrogen-bond donors (Lipinski definition) is 1. The highest BCUT2D eigenvalue weighted by molar-refractivity contribution is 5.86. The maximum atomic E-state index is 13.8. The molecule has 1 heterocycles. The first-order valence-electron chi connectivity index (χ1n) is 8.33. The van der Waals surface area contributed by atoms with Crippen molar-refractivity contribution in [2.45, 2.75) is 25.8 Å². The Morgan fingerprint density at radius 3 is 2.60 bits per heavy atom. The van der Waals surface area contributed by atoms with Gasteiger partial charge in [-0.3, -0.25) is 4.79 Å². The summed E-state index contributed by atoms with van der Waals surface area (Å²) in [6.07, 6.45) is 0.869. The highest BCUT2D eigenvalue weighted by Crippen LogP contribution is 2.31. The van der Waals surface area contributed by atoms with Crippen molar-refractivity contribution in [3.8, 4) is 0 Å². The third-order valence-corrected chi connectivity index (χ3v) is 4.71. The van der Waals surface area contributed by atoms with Gasteiger partial charge in [0.05, 0.1) is 0 Å². The van der Waals surface area contributed by atoms with Gasteiger partial charge in [-0.05, 0) is 35.6 Å². The van der Waals surface area contributed by atoms with Crippen LogP contribution in [0.1, 0.15) is 29.7 Å². The largest absolute Gasteiger partial charge is 0.479 e. The Balaban J connectivity index is 1.83. The van der Waals surface area contributed by atoms with Gasteiger partial charge in [0.2, 0.25) is 5.91 Å². The van der Waals surface area contributed by atoms with E-state index in [9.17, 15) is 19.1 Å². The number of hydrogen-bond acceptors (Lipinski definition) is 2. The van der Waals surface area contributed by atoms with Gasteiger partial charge >= 0.3 is 5.97 Å². The zero-order chi connectivity index (χ0) is 18.0. The monoisotopic (exact) mass is 341 g/mol. The van der Waals surface area contributed by atoms with Crippen LogP contribution in [0, 0.1) is 11.7 Å². The van der Waals surface area contributed by atoms with E-state index in [-0.39, 0.29) is 18.1 Å². The Hall–Kier alpha value is -2.69. The van der Waals surface area contributed by atoms with E-state index in [4.69, 9.17) is 0 Å². The molecule has 0 spiro atoms. The summed E-state index contributed by atoms with van der Waals surface area (Å²) in [6, 6.07) is 12.7. The minimum atomic E-state index is -1.04. The number of aliphatic carboxylic acids is 1. The summed E-state index contributed by atoms with van der Waals surface area (Å²) in [4.78, 5) is 26.1. The van der Waals surface area contributed by atoms with Crippen LogP contribution >= 0.6 is 0 Å². The summed E-state index contributed by atoms with van der Waals surface area (Å²) in [7, 11) is 0. The number of fused-ring (bicyclic) bond motifs is 1. The van der Waals surface area contributed by atoms with Gasteiger partial charge in [0.1, 0.15) is 5.82 Å². The standard InChI is InChI=1S/C20H20FNO3/c1-13(12-15-7-3-5-9-17(15)21)19(23)22-11-10-14-6-2-4-8-16(14)18(22)20(24)25/h2-9,13,18H,10-12H2,1H3,(H,24,25). The van der Waals surface area contributed by atoms with Crippen molar-refractivity contribution in [3.63, 3.8) is 0 Å². The molecule has 0 aromatic heterocycles. The van der Waals surface area contributed by atoms with Crippen LogP contribution in [0.5, 0.6) is 0 Å². The van der Waals surface area contributed by atoms with Gasteiger partial charge in [-0.25, -0.2) is 9.18 Å². The summed E-state index contributed by atoms with van der Waals surface area (Å²) >= 11 is 0. The summed E-state index contributed by atoms with van der Waals surface area (Å²) in [5, 5.41) is 9.67. The predicted octanol–water partition coefficient (Wildman–Crippen LogP) is 3.21. The van der Waals surface area contributed by atoms with Gasteiger partial charge in [-0.1, -0.05) is 49.4 Å². The molecule has 3 rings (SSSR count). The third kappa shape index (κ3) is 3.40. The van der Waals surface area contributed by atoms with Gasteiger partial charge < -0.3 is 10.0 Å². The lowest BCUT2D eigenvalue weighted by molar-refractivity contribution is -0.152. The number of benzene rings is 2. The number of carboxylic acids is 1. The molecule has 0 radical (unpaired) electrons. The molecule has 0 aliphatic carbocycles. The van der Waals surface area contributed by atoms with Crippen molar-refractivity contribution in [2.75, 3.05) is 6.54 Å². The van der Waals surface area contributed by atoms with Gasteiger partial charge in [-0.15, -0.1) is 0 Å². The van der Waals surface area contributed by atoms with Crippen molar-refractivity contribution in [1.29, 1.82) is 0 Å². The number of halogens is 1. The Kier molecular flexibility index (Phi) is 4.83. The molecule has 1 N–H and O–H groups in total. The number of nitrogens with zero attached hydrogens (tertiary/aromatic N) is 1. The van der Waals surface area contributed by atoms with E-state index >= 15 is 0 Å². The number of carbonyl (C=O) groups excluding carboxylic acids is 1. The van der Waals surface area contributed by atoms with Crippen LogP contribution in [-0.2, 0) is 22.4 Å². The van der Waals surface area contributed by atoms with E-state index in [2.05, 4.69) is 0 Å². The molecule has 1 aliphatic rings. The second kappa shape index (κ2) is 7.05. The van der Waals surface area contributed by atoms with E-state index in [1.807, 2.05) is 12.1 Å². The van der Waals surface area contributed by atoms with Crippen LogP contribution in [0.15, 0.2) is 48.5 Å². The van der Waals surface area contributed by atoms with Crippen molar-refractivity contribution < 1.29 is 19.1 Å². The zero-order valence-electron chi connectivity index (χ0n) is 14.0. The molecule has 0 saturated carbocycles. The van der Waals surface area contributed by atoms with Crippen LogP contribution in [0.4, 0.5) is 4.39 Å². The molecule has 0 fully saturated rings. The third-order valence-electron chi connectivity index (χ3n) is 4.71. The molecule has 0 saturated heterocycles. The first-order chi connectivity index (χ1) is 12.0. The maximum absolute atomic E-state index is 13.8. The molecule has 2 unspecified atom stereocenters. The normalized spacial score (nSPS) is 17.7. The average Bonchev–Trinajstić information content (AvgIpc) is 2.61. The van der Waals surface area contributed by atoms with Gasteiger partial charge in [0.15, 0.2) is 6.04 Å². The van der Waals surface area contributed by atoms with Crippen LogP contribution in [-0.4, -0.2) is 28.4 Å². The fourth-order valence-corrected chi connectivity index (χ4v) is 3.43. The molecule has 130 valence electrons. The van der Waals surface area contributed by atoms with Gasteiger partial charge in [-0.2, -0.15) is 0 Å². The Bertz CT molecular complexity index is 805. The SMILES string of the molecule is CC(Cc1ccccc1F)C(=O)N1CCc2ccccc2C1C(=O)O. The number of carbonyl (C=O) groups is 2. The second-order valence-electron chi connectivity index (χ2n) is 6.42. The predicted molar refractivity (Wildman–Crippen MR) is 91.5 cm³/mol. The molecule has 4 nitrogen and oxygen atoms in total. The van der Waals surface area contributed by atoms with Crippen LogP contribution in [0.2, 0.25) is 0 Å². The first-order valence-corrected chi connectivity index (χ1v) is 8.33. The van der Waals surface area contributed by atoms with Crippen molar-refractivity contribution in [1.82, 2.24) is 4.90 Å². The number of rotatable bonds is 4. The summed E-state index contributed by atoms with van der Waals surface area (Å²) in [5.74, 6) is -2.14. The van der Waals surface area contributed by atoms with E-state index < -0.39 is 17.9 Å². The van der Waals surface area contributed by atoms with E-state index in [1.54, 1.807) is 37.3 Å². The fourth-order valence-electron chi connectivity index (χ4n) is 3.43. The molecule has 2 aromatic rings. The lowest BCUT2D eigenvalue weighted by Gasteiger charge is -2.36. The van der Waals surface area contributed by atoms with Crippen LogP contribution in [0.3, 0.4) is 0 Å². The Morgan fingerprint density at radius 1 is 1.20 bits per heavy atom. The maximum Gasteiger partial charge on any atom is 0.331 e. The molecular formula is C20H20FNO3. The summed E-state index contributed by atoms with van der Waals surface area (Å²) < 4.78 is 13.8. The highest BCUT2D eigenvalue weighted by Gasteiger charge is 2.37. The molecule has 1 amide bonds. The molecule has 1 aliphatic heterocycles. The second-order valence-corrected chi connectivity index (χ2v) is 6.42. The molecule has 5 heteroatoms. The highest BCUT2D eigenvalue weighted by atomic mass is 19.1. The Morgan fingerprint density at radius 2 is 1.88 bits per heavy atom. The lowest BCUT2D eigenvalue weighted by atomic mass is 9.90. The minimum Gasteiger partial charge on any atom is -0.479 e. The molecular weight excluding hydrogens is 321 g/mol. The minimum absolute atomic E-state index is 0.246. The number of amides is 1. The molecule has 0 bridgehead atoms. The van der Waals surface area contributed by atoms with Crippen LogP contribution in [0.25, 0.3) is 0 Å². The summed E-state index contributed by atoms with van der Waals surface area (Å²) in [6.45, 7) is 2.07. The van der Waals surface area contributed by atoms with Gasteiger partial charge in [0.25, 0.3) is 0 Å². The fraction of sp³-hybridized carbons (Fsp3) is 0.300. The first kappa shape index (κ1) is 17.1. The van der Waals surface area contributed by atoms with Crippen molar-refractivity contribution in [3.05, 3.63) is 71.0 Å². The molecule has 2 atom stereocenters. The van der Waals surface area contributed by atoms with Crippen LogP contribution < -0.4 is 0 Å². The zero-order valence-corrected chi connectivity index (χ0v) is 14.0. The average molecular weight is 341 g/mol. The van der Waals surface area contributed by atoms with Crippen molar-refractivity contribution >= 4 is 11.9 Å². The van der Waals surface area contributed by atoms with E-state index in [1.165, 1.54) is 11.0 Å². The lowest BCUT2D eigenvalue weighted by Crippen LogP contribution is -2.46. The topological polar surface area (TPSA) is 57.6 Å².